The summed E-state index contributed by atoms with van der Waals surface area (Å²) in [6, 6.07) is 0.359. The Labute approximate surface area is 129 Å². The van der Waals surface area contributed by atoms with Crippen LogP contribution in [0.15, 0.2) is 4.52 Å². The van der Waals surface area contributed by atoms with Crippen LogP contribution in [-0.2, 0) is 0 Å². The standard InChI is InChI=1S/C17H31N3O/c1-5-18-13(4)15(12(2)3)17-19-16(20-21-17)14-10-8-6-7-9-11-14/h12-15,18H,5-11H2,1-4H3. The van der Waals surface area contributed by atoms with Crippen molar-refractivity contribution in [2.75, 3.05) is 6.54 Å². The molecule has 0 aromatic carbocycles. The molecule has 1 aliphatic carbocycles. The minimum atomic E-state index is 0.289. The van der Waals surface area contributed by atoms with E-state index < -0.39 is 0 Å². The van der Waals surface area contributed by atoms with E-state index in [-0.39, 0.29) is 5.92 Å². The number of aromatic nitrogens is 2. The second kappa shape index (κ2) is 7.92. The predicted molar refractivity (Wildman–Crippen MR) is 85.5 cm³/mol. The van der Waals surface area contributed by atoms with Gasteiger partial charge in [0.25, 0.3) is 0 Å². The zero-order valence-electron chi connectivity index (χ0n) is 14.1. The predicted octanol–water partition coefficient (Wildman–Crippen LogP) is 4.25. The van der Waals surface area contributed by atoms with Crippen molar-refractivity contribution in [3.05, 3.63) is 11.7 Å². The molecule has 1 N–H and O–H groups in total. The quantitative estimate of drug-likeness (QED) is 0.797. The monoisotopic (exact) mass is 293 g/mol. The maximum Gasteiger partial charge on any atom is 0.231 e. The molecule has 120 valence electrons. The molecule has 0 amide bonds. The van der Waals surface area contributed by atoms with Crippen LogP contribution in [0.25, 0.3) is 0 Å². The Morgan fingerprint density at radius 3 is 2.38 bits per heavy atom. The van der Waals surface area contributed by atoms with Gasteiger partial charge >= 0.3 is 0 Å². The summed E-state index contributed by atoms with van der Waals surface area (Å²) in [5, 5.41) is 7.81. The van der Waals surface area contributed by atoms with Crippen LogP contribution in [0, 0.1) is 5.92 Å². The van der Waals surface area contributed by atoms with Gasteiger partial charge in [-0.3, -0.25) is 0 Å². The van der Waals surface area contributed by atoms with E-state index in [0.717, 1.165) is 18.3 Å². The van der Waals surface area contributed by atoms with E-state index in [2.05, 4.69) is 38.2 Å². The molecule has 2 rings (SSSR count). The van der Waals surface area contributed by atoms with E-state index >= 15 is 0 Å². The molecule has 1 fully saturated rings. The molecular formula is C17H31N3O. The molecule has 1 aromatic rings. The smallest absolute Gasteiger partial charge is 0.231 e. The van der Waals surface area contributed by atoms with E-state index in [1.165, 1.54) is 38.5 Å². The lowest BCUT2D eigenvalue weighted by molar-refractivity contribution is 0.279. The van der Waals surface area contributed by atoms with Crippen LogP contribution in [0.1, 0.15) is 89.8 Å². The van der Waals surface area contributed by atoms with Crippen LogP contribution in [0.4, 0.5) is 0 Å². The van der Waals surface area contributed by atoms with E-state index in [4.69, 9.17) is 9.51 Å². The first-order chi connectivity index (χ1) is 10.1. The summed E-state index contributed by atoms with van der Waals surface area (Å²) in [6.45, 7) is 9.78. The fourth-order valence-corrected chi connectivity index (χ4v) is 3.61. The lowest BCUT2D eigenvalue weighted by Crippen LogP contribution is -2.34. The van der Waals surface area contributed by atoms with Crippen molar-refractivity contribution in [2.45, 2.75) is 84.1 Å². The summed E-state index contributed by atoms with van der Waals surface area (Å²) in [6.07, 6.45) is 7.74. The van der Waals surface area contributed by atoms with E-state index in [1.807, 2.05) is 0 Å². The van der Waals surface area contributed by atoms with Crippen molar-refractivity contribution in [2.24, 2.45) is 5.92 Å². The van der Waals surface area contributed by atoms with Gasteiger partial charge in [0.1, 0.15) is 0 Å². The van der Waals surface area contributed by atoms with Gasteiger partial charge in [0, 0.05) is 12.0 Å². The molecular weight excluding hydrogens is 262 g/mol. The minimum absolute atomic E-state index is 0.289. The van der Waals surface area contributed by atoms with Gasteiger partial charge in [0.2, 0.25) is 5.89 Å². The van der Waals surface area contributed by atoms with Crippen molar-refractivity contribution < 1.29 is 4.52 Å². The minimum Gasteiger partial charge on any atom is -0.339 e. The summed E-state index contributed by atoms with van der Waals surface area (Å²) in [4.78, 5) is 4.78. The summed E-state index contributed by atoms with van der Waals surface area (Å²) < 4.78 is 5.65. The van der Waals surface area contributed by atoms with Crippen LogP contribution in [0.3, 0.4) is 0 Å². The maximum atomic E-state index is 5.65. The molecule has 21 heavy (non-hydrogen) atoms. The Morgan fingerprint density at radius 1 is 1.14 bits per heavy atom. The molecule has 2 unspecified atom stereocenters. The Kier molecular flexibility index (Phi) is 6.22. The molecule has 2 atom stereocenters. The average molecular weight is 293 g/mol. The third-order valence-electron chi connectivity index (χ3n) is 4.75. The SMILES string of the molecule is CCNC(C)C(c1nc(C2CCCCCC2)no1)C(C)C. The highest BCUT2D eigenvalue weighted by Gasteiger charge is 2.29. The van der Waals surface area contributed by atoms with Gasteiger partial charge in [-0.25, -0.2) is 0 Å². The fraction of sp³-hybridized carbons (Fsp3) is 0.882. The van der Waals surface area contributed by atoms with Crippen LogP contribution in [-0.4, -0.2) is 22.7 Å². The van der Waals surface area contributed by atoms with Crippen molar-refractivity contribution >= 4 is 0 Å². The van der Waals surface area contributed by atoms with Gasteiger partial charge in [-0.05, 0) is 32.2 Å². The number of nitrogens with one attached hydrogen (secondary N) is 1. The second-order valence-electron chi connectivity index (χ2n) is 6.80. The molecule has 0 saturated heterocycles. The summed E-state index contributed by atoms with van der Waals surface area (Å²) in [7, 11) is 0. The van der Waals surface area contributed by atoms with E-state index in [1.54, 1.807) is 0 Å². The molecule has 1 aliphatic rings. The fourth-order valence-electron chi connectivity index (χ4n) is 3.61. The highest BCUT2D eigenvalue weighted by molar-refractivity contribution is 5.03. The zero-order chi connectivity index (χ0) is 15.2. The number of hydrogen-bond donors (Lipinski definition) is 1. The molecule has 0 spiro atoms. The van der Waals surface area contributed by atoms with Gasteiger partial charge in [0.05, 0.1) is 5.92 Å². The van der Waals surface area contributed by atoms with Crippen LogP contribution in [0.5, 0.6) is 0 Å². The van der Waals surface area contributed by atoms with Crippen molar-refractivity contribution in [1.82, 2.24) is 15.5 Å². The van der Waals surface area contributed by atoms with Gasteiger partial charge in [-0.15, -0.1) is 0 Å². The number of likely N-dealkylation sites (N-methyl/N-ethyl adjacent to an activating group) is 1. The Balaban J connectivity index is 2.11. The van der Waals surface area contributed by atoms with Crippen LogP contribution >= 0.6 is 0 Å². The van der Waals surface area contributed by atoms with Gasteiger partial charge < -0.3 is 9.84 Å². The molecule has 1 aromatic heterocycles. The van der Waals surface area contributed by atoms with Crippen molar-refractivity contribution in [1.29, 1.82) is 0 Å². The Morgan fingerprint density at radius 2 is 1.81 bits per heavy atom. The molecule has 0 aliphatic heterocycles. The molecule has 0 radical (unpaired) electrons. The lowest BCUT2D eigenvalue weighted by atomic mass is 9.89. The Hall–Kier alpha value is -0.900. The molecule has 1 saturated carbocycles. The average Bonchev–Trinajstić information content (AvgIpc) is 2.74. The third kappa shape index (κ3) is 4.29. The maximum absolute atomic E-state index is 5.65. The number of nitrogens with zero attached hydrogens (tertiary/aromatic N) is 2. The van der Waals surface area contributed by atoms with E-state index in [9.17, 15) is 0 Å². The molecule has 1 heterocycles. The first kappa shape index (κ1) is 16.5. The van der Waals surface area contributed by atoms with Crippen LogP contribution < -0.4 is 5.32 Å². The molecule has 4 nitrogen and oxygen atoms in total. The highest BCUT2D eigenvalue weighted by Crippen LogP contribution is 2.32. The first-order valence-corrected chi connectivity index (χ1v) is 8.70. The highest BCUT2D eigenvalue weighted by atomic mass is 16.5. The van der Waals surface area contributed by atoms with E-state index in [0.29, 0.717) is 17.9 Å². The molecule has 0 bridgehead atoms. The van der Waals surface area contributed by atoms with Gasteiger partial charge in [0.15, 0.2) is 5.82 Å². The van der Waals surface area contributed by atoms with Crippen molar-refractivity contribution in [3.8, 4) is 0 Å². The summed E-state index contributed by atoms with van der Waals surface area (Å²) in [5.41, 5.74) is 0. The van der Waals surface area contributed by atoms with Crippen molar-refractivity contribution in [3.63, 3.8) is 0 Å². The summed E-state index contributed by atoms with van der Waals surface area (Å²) >= 11 is 0. The third-order valence-corrected chi connectivity index (χ3v) is 4.75. The number of rotatable bonds is 6. The lowest BCUT2D eigenvalue weighted by Gasteiger charge is -2.24. The Bertz CT molecular complexity index is 408. The summed E-state index contributed by atoms with van der Waals surface area (Å²) in [5.74, 6) is 3.05. The van der Waals surface area contributed by atoms with Gasteiger partial charge in [-0.2, -0.15) is 4.98 Å². The molecule has 4 heteroatoms. The van der Waals surface area contributed by atoms with Crippen LogP contribution in [0.2, 0.25) is 0 Å². The second-order valence-corrected chi connectivity index (χ2v) is 6.80. The number of hydrogen-bond acceptors (Lipinski definition) is 4. The normalized spacial score (nSPS) is 20.4. The topological polar surface area (TPSA) is 51.0 Å². The largest absolute Gasteiger partial charge is 0.339 e. The zero-order valence-corrected chi connectivity index (χ0v) is 14.1. The first-order valence-electron chi connectivity index (χ1n) is 8.70. The van der Waals surface area contributed by atoms with Gasteiger partial charge in [-0.1, -0.05) is 51.6 Å².